The maximum atomic E-state index is 15.4. The summed E-state index contributed by atoms with van der Waals surface area (Å²) in [4.78, 5) is -0.0902. The summed E-state index contributed by atoms with van der Waals surface area (Å²) in [5.74, 6) is -3.05. The number of fused-ring (bicyclic) bond motifs is 3. The van der Waals surface area contributed by atoms with Crippen LogP contribution < -0.4 is 4.74 Å². The molecule has 0 N–H and O–H groups in total. The van der Waals surface area contributed by atoms with Crippen LogP contribution in [0.5, 0.6) is 5.75 Å². The summed E-state index contributed by atoms with van der Waals surface area (Å²) in [6.07, 6.45) is 0.0854. The third kappa shape index (κ3) is 3.56. The van der Waals surface area contributed by atoms with Gasteiger partial charge < -0.3 is 9.47 Å². The monoisotopic (exact) mass is 532 g/mol. The Morgan fingerprint density at radius 1 is 1.09 bits per heavy atom. The van der Waals surface area contributed by atoms with Gasteiger partial charge >= 0.3 is 0 Å². The number of halogens is 3. The summed E-state index contributed by atoms with van der Waals surface area (Å²) in [6, 6.07) is 7.31. The van der Waals surface area contributed by atoms with Crippen LogP contribution in [0.25, 0.3) is 0 Å². The fraction of sp³-hybridized carbons (Fsp3) is 0.478. The highest BCUT2D eigenvalue weighted by molar-refractivity contribution is 7.92. The van der Waals surface area contributed by atoms with Crippen LogP contribution in [0.2, 0.25) is 5.02 Å². The highest BCUT2D eigenvalue weighted by Gasteiger charge is 2.62. The largest absolute Gasteiger partial charge is 0.490 e. The molecule has 0 bridgehead atoms. The Hall–Kier alpha value is -1.75. The average Bonchev–Trinajstić information content (AvgIpc) is 3.13. The van der Waals surface area contributed by atoms with E-state index in [4.69, 9.17) is 21.1 Å². The first kappa shape index (κ1) is 24.0. The molecule has 4 atom stereocenters. The highest BCUT2D eigenvalue weighted by atomic mass is 35.5. The molecule has 2 aromatic rings. The van der Waals surface area contributed by atoms with Crippen molar-refractivity contribution in [1.29, 1.82) is 0 Å². The van der Waals surface area contributed by atoms with Crippen molar-refractivity contribution in [2.75, 3.05) is 19.0 Å². The third-order valence-electron chi connectivity index (χ3n) is 7.30. The van der Waals surface area contributed by atoms with Crippen molar-refractivity contribution in [3.05, 3.63) is 58.6 Å². The topological polar surface area (TPSA) is 86.7 Å². The first-order chi connectivity index (χ1) is 16.1. The Morgan fingerprint density at radius 2 is 1.79 bits per heavy atom. The molecule has 2 fully saturated rings. The number of hydrogen-bond donors (Lipinski definition) is 0. The van der Waals surface area contributed by atoms with E-state index in [2.05, 4.69) is 0 Å². The zero-order valence-corrected chi connectivity index (χ0v) is 20.4. The van der Waals surface area contributed by atoms with Gasteiger partial charge in [-0.3, -0.25) is 0 Å². The standard InChI is InChI=1S/C23H23ClF2O6S2/c24-14-3-5-15(6-4-14)34(29,30)23-9-10-31-20(12-16-2-1-11-33(16,27)28)17(23)13-32-22-19(26)8-7-18(25)21(22)23/h3-8,16-17,20H,1-2,9-13H2/t16?,17-,20-,23-/m0/s1. The number of sulfone groups is 2. The molecule has 0 amide bonds. The average molecular weight is 533 g/mol. The smallest absolute Gasteiger partial charge is 0.189 e. The zero-order valence-electron chi connectivity index (χ0n) is 18.0. The molecule has 3 aliphatic heterocycles. The molecule has 6 nitrogen and oxygen atoms in total. The fourth-order valence-corrected chi connectivity index (χ4v) is 10.0. The Morgan fingerprint density at radius 3 is 2.47 bits per heavy atom. The minimum atomic E-state index is -4.32. The van der Waals surface area contributed by atoms with Crippen LogP contribution in [0, 0.1) is 17.6 Å². The Kier molecular flexibility index (Phi) is 5.94. The maximum absolute atomic E-state index is 15.4. The molecule has 0 saturated carbocycles. The minimum absolute atomic E-state index is 0.0594. The summed E-state index contributed by atoms with van der Waals surface area (Å²) < 4.78 is 93.2. The van der Waals surface area contributed by atoms with Gasteiger partial charge in [0, 0.05) is 17.5 Å². The second-order valence-electron chi connectivity index (χ2n) is 9.02. The van der Waals surface area contributed by atoms with E-state index in [-0.39, 0.29) is 42.3 Å². The van der Waals surface area contributed by atoms with Crippen LogP contribution in [0.3, 0.4) is 0 Å². The summed E-state index contributed by atoms with van der Waals surface area (Å²) in [5, 5.41) is -0.348. The summed E-state index contributed by atoms with van der Waals surface area (Å²) in [7, 11) is -7.65. The quantitative estimate of drug-likeness (QED) is 0.590. The molecule has 2 saturated heterocycles. The molecule has 0 spiro atoms. The number of rotatable bonds is 4. The van der Waals surface area contributed by atoms with Gasteiger partial charge in [0.1, 0.15) is 10.6 Å². The molecule has 0 radical (unpaired) electrons. The van der Waals surface area contributed by atoms with Crippen molar-refractivity contribution in [2.45, 2.75) is 46.7 Å². The SMILES string of the molecule is O=S1(=O)CCCC1C[C@@H]1OCC[C@@]2(S(=O)(=O)c3ccc(Cl)cc3)c3c(F)ccc(F)c3OC[C@@H]12. The van der Waals surface area contributed by atoms with Crippen LogP contribution in [0.1, 0.15) is 31.2 Å². The van der Waals surface area contributed by atoms with Gasteiger partial charge in [-0.15, -0.1) is 0 Å². The Balaban J connectivity index is 1.70. The normalized spacial score (nSPS) is 30.3. The van der Waals surface area contributed by atoms with Crippen LogP contribution >= 0.6 is 11.6 Å². The molecule has 184 valence electrons. The lowest BCUT2D eigenvalue weighted by Crippen LogP contribution is -2.58. The lowest BCUT2D eigenvalue weighted by molar-refractivity contribution is -0.0760. The molecule has 1 unspecified atom stereocenters. The predicted molar refractivity (Wildman–Crippen MR) is 121 cm³/mol. The van der Waals surface area contributed by atoms with Crippen LogP contribution in [0.4, 0.5) is 8.78 Å². The number of benzene rings is 2. The van der Waals surface area contributed by atoms with Gasteiger partial charge in [0.15, 0.2) is 31.2 Å². The van der Waals surface area contributed by atoms with E-state index in [0.717, 1.165) is 12.1 Å². The van der Waals surface area contributed by atoms with Gasteiger partial charge in [-0.05, 0) is 62.1 Å². The summed E-state index contributed by atoms with van der Waals surface area (Å²) >= 11 is 5.95. The van der Waals surface area contributed by atoms with Gasteiger partial charge in [0.05, 0.1) is 34.2 Å². The first-order valence-electron chi connectivity index (χ1n) is 11.0. The molecule has 5 rings (SSSR count). The minimum Gasteiger partial charge on any atom is -0.490 e. The van der Waals surface area contributed by atoms with Gasteiger partial charge in [-0.2, -0.15) is 0 Å². The van der Waals surface area contributed by atoms with Crippen molar-refractivity contribution in [3.63, 3.8) is 0 Å². The molecular weight excluding hydrogens is 510 g/mol. The highest BCUT2D eigenvalue weighted by Crippen LogP contribution is 2.56. The molecule has 34 heavy (non-hydrogen) atoms. The third-order valence-corrected chi connectivity index (χ3v) is 12.4. The lowest BCUT2D eigenvalue weighted by Gasteiger charge is -2.50. The van der Waals surface area contributed by atoms with E-state index >= 15 is 4.39 Å². The van der Waals surface area contributed by atoms with Crippen LogP contribution in [0.15, 0.2) is 41.3 Å². The summed E-state index contributed by atoms with van der Waals surface area (Å²) in [6.45, 7) is -0.312. The van der Waals surface area contributed by atoms with E-state index < -0.39 is 59.1 Å². The van der Waals surface area contributed by atoms with Crippen molar-refractivity contribution in [1.82, 2.24) is 0 Å². The molecule has 0 aliphatic carbocycles. The molecule has 2 aromatic carbocycles. The van der Waals surface area contributed by atoms with Crippen LogP contribution in [-0.2, 0) is 29.2 Å². The van der Waals surface area contributed by atoms with Crippen molar-refractivity contribution in [2.24, 2.45) is 5.92 Å². The molecule has 3 heterocycles. The van der Waals surface area contributed by atoms with E-state index in [0.29, 0.717) is 17.9 Å². The number of ether oxygens (including phenoxy) is 2. The fourth-order valence-electron chi connectivity index (χ4n) is 5.66. The van der Waals surface area contributed by atoms with Gasteiger partial charge in [-0.25, -0.2) is 25.6 Å². The molecule has 0 aromatic heterocycles. The van der Waals surface area contributed by atoms with E-state index in [1.54, 1.807) is 0 Å². The number of hydrogen-bond acceptors (Lipinski definition) is 6. The van der Waals surface area contributed by atoms with Crippen molar-refractivity contribution >= 4 is 31.3 Å². The predicted octanol–water partition coefficient (Wildman–Crippen LogP) is 4.05. The molecular formula is C23H23ClF2O6S2. The van der Waals surface area contributed by atoms with Crippen molar-refractivity contribution < 1.29 is 35.1 Å². The second kappa shape index (κ2) is 8.43. The van der Waals surface area contributed by atoms with Gasteiger partial charge in [0.2, 0.25) is 0 Å². The zero-order chi connectivity index (χ0) is 24.3. The molecule has 11 heteroatoms. The summed E-state index contributed by atoms with van der Waals surface area (Å²) in [5.41, 5.74) is -0.360. The van der Waals surface area contributed by atoms with E-state index in [1.807, 2.05) is 0 Å². The Bertz CT molecular complexity index is 1330. The van der Waals surface area contributed by atoms with E-state index in [1.165, 1.54) is 24.3 Å². The lowest BCUT2D eigenvalue weighted by atomic mass is 9.74. The Labute approximate surface area is 202 Å². The van der Waals surface area contributed by atoms with Crippen LogP contribution in [-0.4, -0.2) is 47.2 Å². The van der Waals surface area contributed by atoms with Crippen molar-refractivity contribution in [3.8, 4) is 5.75 Å². The van der Waals surface area contributed by atoms with Gasteiger partial charge in [0.25, 0.3) is 0 Å². The molecule has 3 aliphatic rings. The van der Waals surface area contributed by atoms with E-state index in [9.17, 15) is 21.2 Å². The second-order valence-corrected chi connectivity index (χ2v) is 14.1. The maximum Gasteiger partial charge on any atom is 0.189 e. The van der Waals surface area contributed by atoms with Gasteiger partial charge in [-0.1, -0.05) is 11.6 Å². The first-order valence-corrected chi connectivity index (χ1v) is 14.6.